The van der Waals surface area contributed by atoms with Crippen LogP contribution in [-0.4, -0.2) is 40.5 Å². The van der Waals surface area contributed by atoms with Crippen molar-refractivity contribution in [3.63, 3.8) is 0 Å². The number of likely N-dealkylation sites (tertiary alicyclic amines) is 1. The summed E-state index contributed by atoms with van der Waals surface area (Å²) in [5, 5.41) is 3.11. The second-order valence-corrected chi connectivity index (χ2v) is 8.17. The topological polar surface area (TPSA) is 67.3 Å². The minimum absolute atomic E-state index is 0.0241. The summed E-state index contributed by atoms with van der Waals surface area (Å²) >= 11 is 0. The van der Waals surface area contributed by atoms with Crippen molar-refractivity contribution in [1.82, 2.24) is 14.7 Å². The Morgan fingerprint density at radius 2 is 1.63 bits per heavy atom. The third kappa shape index (κ3) is 3.22. The van der Waals surface area contributed by atoms with Gasteiger partial charge in [0.25, 0.3) is 5.56 Å². The molecule has 1 aliphatic carbocycles. The monoisotopic (exact) mass is 403 g/mol. The highest BCUT2D eigenvalue weighted by atomic mass is 16.6. The van der Waals surface area contributed by atoms with Crippen molar-refractivity contribution in [2.75, 3.05) is 19.7 Å². The summed E-state index contributed by atoms with van der Waals surface area (Å²) in [6.07, 6.45) is 1.39. The Morgan fingerprint density at radius 3 is 2.20 bits per heavy atom. The zero-order valence-electron chi connectivity index (χ0n) is 17.0. The molecule has 2 aliphatic rings. The zero-order valence-corrected chi connectivity index (χ0v) is 17.0. The van der Waals surface area contributed by atoms with E-state index in [9.17, 15) is 9.59 Å². The highest BCUT2D eigenvalue weighted by Crippen LogP contribution is 2.44. The Hall–Kier alpha value is -3.28. The molecule has 1 saturated heterocycles. The first-order valence-corrected chi connectivity index (χ1v) is 10.5. The molecule has 2 heterocycles. The fourth-order valence-electron chi connectivity index (χ4n) is 4.78. The molecular formula is C24H25N3O3. The van der Waals surface area contributed by atoms with Crippen LogP contribution in [0.4, 0.5) is 4.79 Å². The zero-order chi connectivity index (χ0) is 20.7. The molecular weight excluding hydrogens is 378 g/mol. The van der Waals surface area contributed by atoms with Crippen molar-refractivity contribution < 1.29 is 9.53 Å². The average Bonchev–Trinajstić information content (AvgIpc) is 3.29. The number of nitrogens with one attached hydrogen (secondary N) is 1. The summed E-state index contributed by atoms with van der Waals surface area (Å²) in [5.74, 6) is 0.352. The molecule has 30 heavy (non-hydrogen) atoms. The maximum Gasteiger partial charge on any atom is 0.409 e. The molecule has 3 aromatic rings. The van der Waals surface area contributed by atoms with E-state index in [0.717, 1.165) is 18.5 Å². The van der Waals surface area contributed by atoms with Gasteiger partial charge in [0.1, 0.15) is 6.61 Å². The third-order valence-electron chi connectivity index (χ3n) is 6.44. The first-order chi connectivity index (χ1) is 14.6. The Balaban J connectivity index is 1.23. The lowest BCUT2D eigenvalue weighted by molar-refractivity contribution is 0.0902. The summed E-state index contributed by atoms with van der Waals surface area (Å²) in [5.41, 5.74) is 5.83. The molecule has 5 rings (SSSR count). The first kappa shape index (κ1) is 18.7. The summed E-state index contributed by atoms with van der Waals surface area (Å²) < 4.78 is 7.26. The van der Waals surface area contributed by atoms with Crippen LogP contribution in [0.25, 0.3) is 11.1 Å². The summed E-state index contributed by atoms with van der Waals surface area (Å²) in [4.78, 5) is 26.2. The van der Waals surface area contributed by atoms with E-state index in [1.54, 1.807) is 18.0 Å². The van der Waals surface area contributed by atoms with Crippen molar-refractivity contribution in [1.29, 1.82) is 0 Å². The molecule has 1 amide bonds. The van der Waals surface area contributed by atoms with Gasteiger partial charge in [-0.15, -0.1) is 0 Å². The second kappa shape index (κ2) is 7.52. The predicted octanol–water partition coefficient (Wildman–Crippen LogP) is 3.84. The largest absolute Gasteiger partial charge is 0.448 e. The van der Waals surface area contributed by atoms with Crippen LogP contribution in [0, 0.1) is 0 Å². The second-order valence-electron chi connectivity index (χ2n) is 8.17. The van der Waals surface area contributed by atoms with Crippen LogP contribution >= 0.6 is 0 Å². The van der Waals surface area contributed by atoms with E-state index in [0.29, 0.717) is 19.7 Å². The molecule has 0 bridgehead atoms. The van der Waals surface area contributed by atoms with Gasteiger partial charge in [-0.2, -0.15) is 0 Å². The van der Waals surface area contributed by atoms with Crippen LogP contribution in [0.5, 0.6) is 0 Å². The highest BCUT2D eigenvalue weighted by Gasteiger charge is 2.31. The van der Waals surface area contributed by atoms with Crippen LogP contribution < -0.4 is 5.56 Å². The average molecular weight is 403 g/mol. The number of benzene rings is 2. The number of nitrogens with zero attached hydrogens (tertiary/aromatic N) is 2. The van der Waals surface area contributed by atoms with Crippen molar-refractivity contribution in [3.05, 3.63) is 81.8 Å². The van der Waals surface area contributed by atoms with E-state index < -0.39 is 0 Å². The Labute approximate surface area is 175 Å². The number of carbonyl (C=O) groups is 1. The fraction of sp³-hybridized carbons (Fsp3) is 0.333. The molecule has 2 aromatic carbocycles. The number of hydrogen-bond donors (Lipinski definition) is 1. The number of rotatable bonds is 3. The predicted molar refractivity (Wildman–Crippen MR) is 115 cm³/mol. The minimum atomic E-state index is -0.253. The fourth-order valence-corrected chi connectivity index (χ4v) is 4.78. The van der Waals surface area contributed by atoms with Gasteiger partial charge in [-0.3, -0.25) is 14.6 Å². The number of H-pyrrole nitrogens is 1. The maximum absolute atomic E-state index is 12.7. The van der Waals surface area contributed by atoms with Gasteiger partial charge in [-0.25, -0.2) is 4.79 Å². The van der Waals surface area contributed by atoms with E-state index >= 15 is 0 Å². The van der Waals surface area contributed by atoms with Gasteiger partial charge in [-0.1, -0.05) is 48.5 Å². The van der Waals surface area contributed by atoms with Gasteiger partial charge in [0, 0.05) is 43.7 Å². The van der Waals surface area contributed by atoms with Gasteiger partial charge in [0.15, 0.2) is 0 Å². The molecule has 1 aromatic heterocycles. The molecule has 0 radical (unpaired) electrons. The van der Waals surface area contributed by atoms with Gasteiger partial charge in [0.05, 0.1) is 0 Å². The van der Waals surface area contributed by atoms with E-state index in [4.69, 9.17) is 4.74 Å². The highest BCUT2D eigenvalue weighted by molar-refractivity contribution is 5.79. The van der Waals surface area contributed by atoms with Gasteiger partial charge in [-0.05, 0) is 35.1 Å². The van der Waals surface area contributed by atoms with Crippen molar-refractivity contribution in [2.45, 2.75) is 24.7 Å². The smallest absolute Gasteiger partial charge is 0.409 e. The molecule has 6 nitrogen and oxygen atoms in total. The van der Waals surface area contributed by atoms with Gasteiger partial charge >= 0.3 is 6.09 Å². The molecule has 0 saturated carbocycles. The number of hydrogen-bond acceptors (Lipinski definition) is 3. The normalized spacial score (nSPS) is 16.4. The van der Waals surface area contributed by atoms with Crippen LogP contribution in [-0.2, 0) is 11.8 Å². The van der Waals surface area contributed by atoms with Crippen LogP contribution in [0.2, 0.25) is 0 Å². The Bertz CT molecular complexity index is 1090. The molecule has 6 heteroatoms. The number of aromatic amines is 1. The van der Waals surface area contributed by atoms with Gasteiger partial charge in [0.2, 0.25) is 0 Å². The van der Waals surface area contributed by atoms with Crippen molar-refractivity contribution in [3.8, 4) is 11.1 Å². The first-order valence-electron chi connectivity index (χ1n) is 10.5. The quantitative estimate of drug-likeness (QED) is 0.723. The molecule has 0 unspecified atom stereocenters. The minimum Gasteiger partial charge on any atom is -0.448 e. The van der Waals surface area contributed by atoms with Crippen LogP contribution in [0.1, 0.15) is 41.5 Å². The summed E-state index contributed by atoms with van der Waals surface area (Å²) in [6, 6.07) is 18.4. The molecule has 0 atom stereocenters. The number of carbonyl (C=O) groups excluding carboxylic acids is 1. The van der Waals surface area contributed by atoms with E-state index in [2.05, 4.69) is 29.4 Å². The standard InChI is InChI=1S/C24H25N3O3/c1-26-23(28)14-22(25-26)16-10-12-27(13-11-16)24(29)30-15-21-19-8-4-2-6-17(19)18-7-3-5-9-20(18)21/h2-9,14,16,21,25H,10-13,15H2,1H3. The van der Waals surface area contributed by atoms with Crippen molar-refractivity contribution >= 4 is 6.09 Å². The van der Waals surface area contributed by atoms with Crippen molar-refractivity contribution in [2.24, 2.45) is 7.05 Å². The Morgan fingerprint density at radius 1 is 1.03 bits per heavy atom. The number of aromatic nitrogens is 2. The van der Waals surface area contributed by atoms with E-state index in [-0.39, 0.29) is 23.5 Å². The molecule has 1 aliphatic heterocycles. The number of piperidine rings is 1. The lowest BCUT2D eigenvalue weighted by Crippen LogP contribution is -2.38. The van der Waals surface area contributed by atoms with Crippen LogP contribution in [0.15, 0.2) is 59.4 Å². The summed E-state index contributed by atoms with van der Waals surface area (Å²) in [7, 11) is 1.72. The Kier molecular flexibility index (Phi) is 4.69. The van der Waals surface area contributed by atoms with Gasteiger partial charge < -0.3 is 9.64 Å². The number of amides is 1. The lowest BCUT2D eigenvalue weighted by atomic mass is 9.94. The molecule has 1 fully saturated rings. The number of fused-ring (bicyclic) bond motifs is 3. The SMILES string of the molecule is Cn1[nH]c(C2CCN(C(=O)OCC3c4ccccc4-c4ccccc43)CC2)cc1=O. The number of ether oxygens (including phenoxy) is 1. The third-order valence-corrected chi connectivity index (χ3v) is 6.44. The molecule has 1 N–H and O–H groups in total. The molecule has 0 spiro atoms. The summed E-state index contributed by atoms with van der Waals surface area (Å²) in [6.45, 7) is 1.62. The lowest BCUT2D eigenvalue weighted by Gasteiger charge is -2.31. The van der Waals surface area contributed by atoms with E-state index in [1.165, 1.54) is 26.9 Å². The van der Waals surface area contributed by atoms with Crippen LogP contribution in [0.3, 0.4) is 0 Å². The van der Waals surface area contributed by atoms with E-state index in [1.807, 2.05) is 24.3 Å². The maximum atomic E-state index is 12.7. The number of aryl methyl sites for hydroxylation is 1. The molecule has 154 valence electrons.